The number of amides is 3. The second-order valence-corrected chi connectivity index (χ2v) is 8.58. The molecule has 3 amide bonds. The first-order valence-electron chi connectivity index (χ1n) is 9.92. The van der Waals surface area contributed by atoms with Crippen LogP contribution in [0, 0.1) is 29.1 Å². The van der Waals surface area contributed by atoms with Gasteiger partial charge >= 0.3 is 0 Å². The van der Waals surface area contributed by atoms with E-state index in [1.165, 1.54) is 0 Å². The number of rotatable bonds is 3. The molecule has 2 aromatic carbocycles. The van der Waals surface area contributed by atoms with Crippen LogP contribution < -0.4 is 5.43 Å². The molecule has 6 rings (SSSR count). The number of nitrogens with one attached hydrogen (secondary N) is 1. The van der Waals surface area contributed by atoms with Crippen molar-refractivity contribution in [2.45, 2.75) is 19.3 Å². The molecule has 28 heavy (non-hydrogen) atoms. The summed E-state index contributed by atoms with van der Waals surface area (Å²) in [6.45, 7) is 0. The highest BCUT2D eigenvalue weighted by molar-refractivity contribution is 6.08. The maximum absolute atomic E-state index is 13.0. The number of nitrogens with zero attached hydrogens (tertiary/aromatic N) is 1. The van der Waals surface area contributed by atoms with Crippen LogP contribution in [-0.2, 0) is 20.8 Å². The third-order valence-corrected chi connectivity index (χ3v) is 7.32. The molecule has 140 valence electrons. The fourth-order valence-corrected chi connectivity index (χ4v) is 5.97. The van der Waals surface area contributed by atoms with Crippen molar-refractivity contribution in [3.05, 3.63) is 60.2 Å². The van der Waals surface area contributed by atoms with Crippen LogP contribution in [0.3, 0.4) is 0 Å². The van der Waals surface area contributed by atoms with Gasteiger partial charge in [-0.3, -0.25) is 19.8 Å². The van der Waals surface area contributed by atoms with Crippen molar-refractivity contribution in [3.63, 3.8) is 0 Å². The molecule has 1 aliphatic heterocycles. The number of benzene rings is 2. The molecule has 2 saturated carbocycles. The molecule has 1 heterocycles. The Morgan fingerprint density at radius 1 is 0.964 bits per heavy atom. The summed E-state index contributed by atoms with van der Waals surface area (Å²) in [6, 6.07) is 13.7. The number of carbonyl (C=O) groups excluding carboxylic acids is 3. The van der Waals surface area contributed by atoms with Crippen LogP contribution in [0.15, 0.2) is 54.6 Å². The van der Waals surface area contributed by atoms with Crippen LogP contribution >= 0.6 is 0 Å². The third kappa shape index (κ3) is 1.94. The van der Waals surface area contributed by atoms with E-state index in [0.717, 1.165) is 34.2 Å². The first-order chi connectivity index (χ1) is 13.6. The lowest BCUT2D eigenvalue weighted by Gasteiger charge is -2.22. The molecule has 5 nitrogen and oxygen atoms in total. The van der Waals surface area contributed by atoms with E-state index < -0.39 is 0 Å². The molecule has 1 N–H and O–H groups in total. The largest absolute Gasteiger partial charge is 0.273 e. The van der Waals surface area contributed by atoms with E-state index in [4.69, 9.17) is 0 Å². The molecular formula is C23H20N2O3. The lowest BCUT2D eigenvalue weighted by molar-refractivity contribution is -0.150. The van der Waals surface area contributed by atoms with Gasteiger partial charge in [-0.2, -0.15) is 5.01 Å². The van der Waals surface area contributed by atoms with Crippen LogP contribution in [0.5, 0.6) is 0 Å². The predicted octanol–water partition coefficient (Wildman–Crippen LogP) is 2.61. The van der Waals surface area contributed by atoms with Crippen LogP contribution in [0.2, 0.25) is 0 Å². The molecule has 3 aliphatic carbocycles. The van der Waals surface area contributed by atoms with E-state index in [-0.39, 0.29) is 53.2 Å². The highest BCUT2D eigenvalue weighted by Crippen LogP contribution is 2.73. The molecule has 2 bridgehead atoms. The molecule has 1 spiro atoms. The zero-order valence-electron chi connectivity index (χ0n) is 15.3. The molecule has 2 aromatic rings. The summed E-state index contributed by atoms with van der Waals surface area (Å²) in [4.78, 5) is 38.6. The second-order valence-electron chi connectivity index (χ2n) is 8.58. The van der Waals surface area contributed by atoms with E-state index >= 15 is 0 Å². The van der Waals surface area contributed by atoms with Gasteiger partial charge in [-0.15, -0.1) is 0 Å². The highest BCUT2D eigenvalue weighted by atomic mass is 16.2. The number of fused-ring (bicyclic) bond motifs is 4. The molecule has 4 aliphatic rings. The number of allylic oxidation sites excluding steroid dienone is 2. The molecule has 0 unspecified atom stereocenters. The van der Waals surface area contributed by atoms with E-state index in [2.05, 4.69) is 17.6 Å². The Balaban J connectivity index is 1.23. The van der Waals surface area contributed by atoms with Crippen molar-refractivity contribution in [1.82, 2.24) is 10.4 Å². The highest BCUT2D eigenvalue weighted by Gasteiger charge is 2.73. The zero-order valence-corrected chi connectivity index (χ0v) is 15.3. The van der Waals surface area contributed by atoms with Gasteiger partial charge in [0.1, 0.15) is 0 Å². The summed E-state index contributed by atoms with van der Waals surface area (Å²) in [7, 11) is 0. The summed E-state index contributed by atoms with van der Waals surface area (Å²) in [5.74, 6) is -1.04. The Bertz CT molecular complexity index is 1040. The van der Waals surface area contributed by atoms with E-state index in [9.17, 15) is 14.4 Å². The van der Waals surface area contributed by atoms with Gasteiger partial charge in [0.05, 0.1) is 18.3 Å². The molecule has 4 atom stereocenters. The minimum Gasteiger partial charge on any atom is -0.273 e. The van der Waals surface area contributed by atoms with Crippen LogP contribution in [0.1, 0.15) is 18.4 Å². The Kier molecular flexibility index (Phi) is 3.04. The summed E-state index contributed by atoms with van der Waals surface area (Å²) in [5.41, 5.74) is 3.65. The van der Waals surface area contributed by atoms with Crippen molar-refractivity contribution < 1.29 is 14.4 Å². The average molecular weight is 372 g/mol. The van der Waals surface area contributed by atoms with Crippen molar-refractivity contribution in [2.75, 3.05) is 0 Å². The number of imide groups is 1. The maximum Gasteiger partial charge on any atom is 0.252 e. The molecule has 5 heteroatoms. The SMILES string of the molecule is O=C(Cc1cccc2ccccc12)NN1C(=O)[C@@H]2[C@H](C1=O)[C@@H]1C=C[C@H]2C12CC2. The molecule has 3 fully saturated rings. The first kappa shape index (κ1) is 16.0. The summed E-state index contributed by atoms with van der Waals surface area (Å²) in [5, 5.41) is 3.08. The standard InChI is InChI=1S/C23H20N2O3/c26-18(12-14-6-3-5-13-4-1-2-7-15(13)14)24-25-21(27)19-16-8-9-17(20(19)22(25)28)23(16)10-11-23/h1-9,16-17,19-20H,10-12H2,(H,24,26)/t16-,17+,19+,20-. The predicted molar refractivity (Wildman–Crippen MR) is 102 cm³/mol. The van der Waals surface area contributed by atoms with Gasteiger partial charge in [0.25, 0.3) is 11.8 Å². The fraction of sp³-hybridized carbons (Fsp3) is 0.348. The smallest absolute Gasteiger partial charge is 0.252 e. The van der Waals surface area contributed by atoms with Crippen molar-refractivity contribution in [1.29, 1.82) is 0 Å². The van der Waals surface area contributed by atoms with Gasteiger partial charge in [0.15, 0.2) is 0 Å². The Morgan fingerprint density at radius 2 is 1.61 bits per heavy atom. The van der Waals surface area contributed by atoms with Crippen molar-refractivity contribution >= 4 is 28.5 Å². The van der Waals surface area contributed by atoms with Gasteiger partial charge in [0.2, 0.25) is 5.91 Å². The van der Waals surface area contributed by atoms with Crippen molar-refractivity contribution in [2.24, 2.45) is 29.1 Å². The van der Waals surface area contributed by atoms with Crippen LogP contribution in [0.4, 0.5) is 0 Å². The molecule has 0 radical (unpaired) electrons. The van der Waals surface area contributed by atoms with E-state index in [1.807, 2.05) is 42.5 Å². The third-order valence-electron chi connectivity index (χ3n) is 7.32. The average Bonchev–Trinajstić information content (AvgIpc) is 3.31. The number of hydrogen-bond acceptors (Lipinski definition) is 3. The van der Waals surface area contributed by atoms with E-state index in [1.54, 1.807) is 0 Å². The summed E-state index contributed by atoms with van der Waals surface area (Å²) >= 11 is 0. The normalized spacial score (nSPS) is 31.1. The number of hydrogen-bond donors (Lipinski definition) is 1. The van der Waals surface area contributed by atoms with Crippen LogP contribution in [0.25, 0.3) is 10.8 Å². The zero-order chi connectivity index (χ0) is 19.0. The lowest BCUT2D eigenvalue weighted by Crippen LogP contribution is -2.48. The maximum atomic E-state index is 13.0. The Morgan fingerprint density at radius 3 is 2.29 bits per heavy atom. The fourth-order valence-electron chi connectivity index (χ4n) is 5.97. The molecular weight excluding hydrogens is 352 g/mol. The van der Waals surface area contributed by atoms with Gasteiger partial charge in [-0.25, -0.2) is 0 Å². The molecule has 0 aromatic heterocycles. The second kappa shape index (κ2) is 5.31. The van der Waals surface area contributed by atoms with Crippen LogP contribution in [-0.4, -0.2) is 22.7 Å². The van der Waals surface area contributed by atoms with Gasteiger partial charge in [-0.1, -0.05) is 54.6 Å². The Hall–Kier alpha value is -2.95. The number of hydrazine groups is 1. The van der Waals surface area contributed by atoms with Crippen molar-refractivity contribution in [3.8, 4) is 0 Å². The molecule has 1 saturated heterocycles. The minimum absolute atomic E-state index is 0.128. The van der Waals surface area contributed by atoms with E-state index in [0.29, 0.717) is 0 Å². The number of carbonyl (C=O) groups is 3. The monoisotopic (exact) mass is 372 g/mol. The first-order valence-corrected chi connectivity index (χ1v) is 9.92. The Labute approximate surface area is 162 Å². The van der Waals surface area contributed by atoms with Gasteiger partial charge in [0, 0.05) is 0 Å². The van der Waals surface area contributed by atoms with Gasteiger partial charge < -0.3 is 0 Å². The summed E-state index contributed by atoms with van der Waals surface area (Å²) in [6.07, 6.45) is 6.60. The van der Waals surface area contributed by atoms with Gasteiger partial charge in [-0.05, 0) is 46.4 Å². The summed E-state index contributed by atoms with van der Waals surface area (Å²) < 4.78 is 0. The minimum atomic E-state index is -0.334. The topological polar surface area (TPSA) is 66.5 Å². The lowest BCUT2D eigenvalue weighted by atomic mass is 9.85. The quantitative estimate of drug-likeness (QED) is 0.665.